The predicted octanol–water partition coefficient (Wildman–Crippen LogP) is 0.276. The summed E-state index contributed by atoms with van der Waals surface area (Å²) in [5.74, 6) is -0.762. The van der Waals surface area contributed by atoms with Crippen molar-refractivity contribution in [2.45, 2.75) is 45.2 Å². The molecule has 11 nitrogen and oxygen atoms in total. The number of carbonyl (C=O) groups excluding carboxylic acids is 4. The molecule has 11 heteroatoms. The highest BCUT2D eigenvalue weighted by molar-refractivity contribution is 5.93. The van der Waals surface area contributed by atoms with Crippen molar-refractivity contribution >= 4 is 23.6 Å². The monoisotopic (exact) mass is 545 g/mol. The van der Waals surface area contributed by atoms with Crippen LogP contribution in [0.1, 0.15) is 32.3 Å². The Hall–Kier alpha value is -3.18. The molecule has 0 unspecified atom stereocenters. The second kappa shape index (κ2) is 14.8. The zero-order valence-corrected chi connectivity index (χ0v) is 23.6. The molecule has 2 atom stereocenters. The molecule has 2 N–H and O–H groups in total. The fraction of sp³-hybridized carbons (Fsp3) is 0.643. The minimum absolute atomic E-state index is 0.117. The number of rotatable bonds is 6. The average molecular weight is 546 g/mol. The van der Waals surface area contributed by atoms with Crippen molar-refractivity contribution in [1.82, 2.24) is 25.3 Å². The van der Waals surface area contributed by atoms with E-state index in [1.54, 1.807) is 12.1 Å². The van der Waals surface area contributed by atoms with Crippen molar-refractivity contribution in [3.63, 3.8) is 0 Å². The molecule has 0 spiro atoms. The maximum absolute atomic E-state index is 13.7. The SMILES string of the molecule is COCCN1CC(=O)N[C@H](C(=O)N2CCCN(C)CC2)Cc2ccc(cc2)OCC(=O)N[C@@H](CC(C)C)C1=O. The van der Waals surface area contributed by atoms with E-state index < -0.39 is 23.9 Å². The van der Waals surface area contributed by atoms with E-state index in [0.29, 0.717) is 31.7 Å². The summed E-state index contributed by atoms with van der Waals surface area (Å²) in [7, 11) is 3.55. The number of nitrogens with one attached hydrogen (secondary N) is 2. The van der Waals surface area contributed by atoms with Crippen molar-refractivity contribution in [1.29, 1.82) is 0 Å². The van der Waals surface area contributed by atoms with E-state index in [-0.39, 0.29) is 44.0 Å². The van der Waals surface area contributed by atoms with Gasteiger partial charge in [0.2, 0.25) is 17.7 Å². The third kappa shape index (κ3) is 9.50. The summed E-state index contributed by atoms with van der Waals surface area (Å²) < 4.78 is 10.8. The van der Waals surface area contributed by atoms with E-state index in [1.165, 1.54) is 12.0 Å². The van der Waals surface area contributed by atoms with Gasteiger partial charge in [-0.1, -0.05) is 26.0 Å². The lowest BCUT2D eigenvalue weighted by atomic mass is 10.0. The molecule has 2 bridgehead atoms. The summed E-state index contributed by atoms with van der Waals surface area (Å²) in [6.45, 7) is 6.69. The Morgan fingerprint density at radius 2 is 1.79 bits per heavy atom. The van der Waals surface area contributed by atoms with Gasteiger partial charge in [-0.2, -0.15) is 0 Å². The van der Waals surface area contributed by atoms with Crippen LogP contribution in [-0.2, 0) is 30.3 Å². The first-order valence-electron chi connectivity index (χ1n) is 13.7. The molecule has 0 saturated carbocycles. The third-order valence-corrected chi connectivity index (χ3v) is 6.95. The summed E-state index contributed by atoms with van der Waals surface area (Å²) in [6, 6.07) is 5.53. The van der Waals surface area contributed by atoms with Crippen molar-refractivity contribution in [3.05, 3.63) is 29.8 Å². The maximum atomic E-state index is 13.7. The Labute approximate surface area is 231 Å². The summed E-state index contributed by atoms with van der Waals surface area (Å²) in [4.78, 5) is 58.6. The van der Waals surface area contributed by atoms with E-state index in [1.807, 2.05) is 37.9 Å². The molecule has 39 heavy (non-hydrogen) atoms. The number of amides is 4. The van der Waals surface area contributed by atoms with Crippen LogP contribution in [0.15, 0.2) is 24.3 Å². The predicted molar refractivity (Wildman–Crippen MR) is 146 cm³/mol. The van der Waals surface area contributed by atoms with Crippen molar-refractivity contribution in [3.8, 4) is 5.75 Å². The first-order valence-corrected chi connectivity index (χ1v) is 13.7. The second-order valence-electron chi connectivity index (χ2n) is 10.7. The van der Waals surface area contributed by atoms with E-state index in [2.05, 4.69) is 15.5 Å². The second-order valence-corrected chi connectivity index (χ2v) is 10.7. The zero-order valence-electron chi connectivity index (χ0n) is 23.6. The van der Waals surface area contributed by atoms with Crippen LogP contribution in [0.25, 0.3) is 0 Å². The first-order chi connectivity index (χ1) is 18.7. The van der Waals surface area contributed by atoms with Gasteiger partial charge in [0.15, 0.2) is 6.61 Å². The van der Waals surface area contributed by atoms with Crippen molar-refractivity contribution in [2.24, 2.45) is 5.92 Å². The quantitative estimate of drug-likeness (QED) is 0.493. The Morgan fingerprint density at radius 3 is 2.49 bits per heavy atom. The minimum Gasteiger partial charge on any atom is -0.484 e. The molecule has 3 aliphatic heterocycles. The highest BCUT2D eigenvalue weighted by Crippen LogP contribution is 2.16. The Bertz CT molecular complexity index is 985. The van der Waals surface area contributed by atoms with Crippen LogP contribution in [0.4, 0.5) is 0 Å². The highest BCUT2D eigenvalue weighted by Gasteiger charge is 2.31. The van der Waals surface area contributed by atoms with Gasteiger partial charge in [-0.25, -0.2) is 0 Å². The molecule has 0 radical (unpaired) electrons. The first kappa shape index (κ1) is 30.4. The molecule has 4 rings (SSSR count). The van der Waals surface area contributed by atoms with Crippen molar-refractivity contribution in [2.75, 3.05) is 66.6 Å². The fourth-order valence-electron chi connectivity index (χ4n) is 4.82. The van der Waals surface area contributed by atoms with E-state index in [9.17, 15) is 19.2 Å². The van der Waals surface area contributed by atoms with E-state index in [0.717, 1.165) is 25.1 Å². The van der Waals surface area contributed by atoms with Gasteiger partial charge in [0, 0.05) is 39.7 Å². The van der Waals surface area contributed by atoms with Crippen LogP contribution in [0.5, 0.6) is 5.75 Å². The Kier molecular flexibility index (Phi) is 11.5. The van der Waals surface area contributed by atoms with Crippen molar-refractivity contribution < 1.29 is 28.7 Å². The Morgan fingerprint density at radius 1 is 1.05 bits per heavy atom. The van der Waals surface area contributed by atoms with Crippen LogP contribution in [0.3, 0.4) is 0 Å². The molecule has 4 amide bonds. The van der Waals surface area contributed by atoms with Crippen LogP contribution in [0, 0.1) is 5.92 Å². The summed E-state index contributed by atoms with van der Waals surface area (Å²) in [5.41, 5.74) is 0.841. The molecule has 1 aromatic carbocycles. The number of methoxy groups -OCH3 is 1. The number of carbonyl (C=O) groups is 4. The average Bonchev–Trinajstić information content (AvgIpc) is 3.12. The molecular formula is C28H43N5O6. The van der Waals surface area contributed by atoms with Crippen LogP contribution in [0.2, 0.25) is 0 Å². The number of likely N-dealkylation sites (N-methyl/N-ethyl adjacent to an activating group) is 1. The summed E-state index contributed by atoms with van der Waals surface area (Å²) in [6.07, 6.45) is 1.55. The van der Waals surface area contributed by atoms with Gasteiger partial charge in [0.1, 0.15) is 17.8 Å². The number of fused-ring (bicyclic) bond motifs is 13. The molecule has 1 aromatic rings. The van der Waals surface area contributed by atoms with Gasteiger partial charge in [-0.05, 0) is 50.0 Å². The number of ether oxygens (including phenoxy) is 2. The Balaban J connectivity index is 1.90. The van der Waals surface area contributed by atoms with Crippen LogP contribution < -0.4 is 15.4 Å². The number of hydrogen-bond acceptors (Lipinski definition) is 7. The highest BCUT2D eigenvalue weighted by atomic mass is 16.5. The molecule has 1 saturated heterocycles. The molecule has 0 aromatic heterocycles. The van der Waals surface area contributed by atoms with Gasteiger partial charge in [-0.3, -0.25) is 19.2 Å². The topological polar surface area (TPSA) is 121 Å². The summed E-state index contributed by atoms with van der Waals surface area (Å²) in [5, 5.41) is 5.69. The van der Waals surface area contributed by atoms with Gasteiger partial charge >= 0.3 is 0 Å². The van der Waals surface area contributed by atoms with Gasteiger partial charge in [0.05, 0.1) is 13.2 Å². The molecule has 216 valence electrons. The third-order valence-electron chi connectivity index (χ3n) is 6.95. The van der Waals surface area contributed by atoms with E-state index in [4.69, 9.17) is 9.47 Å². The summed E-state index contributed by atoms with van der Waals surface area (Å²) >= 11 is 0. The molecule has 1 fully saturated rings. The standard InChI is InChI=1S/C28H43N5O6/c1-20(2)16-23-28(37)33(14-15-38-4)18-25(34)29-24(27(36)32-11-5-10-31(3)12-13-32)17-21-6-8-22(9-7-21)39-19-26(35)30-23/h6-9,20,23-24H,5,10-19H2,1-4H3,(H,29,34)(H,30,35)/t23-,24-/m0/s1. The van der Waals surface area contributed by atoms with Crippen LogP contribution >= 0.6 is 0 Å². The number of hydrogen-bond donors (Lipinski definition) is 2. The van der Waals surface area contributed by atoms with Gasteiger partial charge in [0.25, 0.3) is 5.91 Å². The number of benzene rings is 1. The normalized spacial score (nSPS) is 22.3. The molecular weight excluding hydrogens is 502 g/mol. The molecule has 0 aliphatic carbocycles. The maximum Gasteiger partial charge on any atom is 0.258 e. The van der Waals surface area contributed by atoms with Gasteiger partial charge < -0.3 is 34.8 Å². The fourth-order valence-corrected chi connectivity index (χ4v) is 4.82. The van der Waals surface area contributed by atoms with Gasteiger partial charge in [-0.15, -0.1) is 0 Å². The zero-order chi connectivity index (χ0) is 28.4. The lowest BCUT2D eigenvalue weighted by molar-refractivity contribution is -0.142. The number of nitrogens with zero attached hydrogens (tertiary/aromatic N) is 3. The largest absolute Gasteiger partial charge is 0.484 e. The van der Waals surface area contributed by atoms with Crippen LogP contribution in [-0.4, -0.2) is 117 Å². The molecule has 3 aliphatic rings. The minimum atomic E-state index is -0.826. The smallest absolute Gasteiger partial charge is 0.258 e. The molecule has 3 heterocycles. The lowest BCUT2D eigenvalue weighted by Gasteiger charge is -2.30. The lowest BCUT2D eigenvalue weighted by Crippen LogP contribution is -2.55. The van der Waals surface area contributed by atoms with E-state index >= 15 is 0 Å².